The van der Waals surface area contributed by atoms with Gasteiger partial charge in [0.2, 0.25) is 0 Å². The zero-order valence-electron chi connectivity index (χ0n) is 8.91. The topological polar surface area (TPSA) is 13.1 Å². The molecule has 2 rings (SSSR count). The van der Waals surface area contributed by atoms with Crippen LogP contribution in [-0.4, -0.2) is 0 Å². The predicted molar refractivity (Wildman–Crippen MR) is 65.2 cm³/mol. The summed E-state index contributed by atoms with van der Waals surface area (Å²) in [7, 11) is 0. The van der Waals surface area contributed by atoms with Crippen molar-refractivity contribution < 1.29 is 8.81 Å². The monoisotopic (exact) mass is 282 g/mol. The van der Waals surface area contributed by atoms with Gasteiger partial charge in [0, 0.05) is 0 Å². The highest BCUT2D eigenvalue weighted by Crippen LogP contribution is 2.30. The average Bonchev–Trinajstić information content (AvgIpc) is 2.68. The second-order valence-electron chi connectivity index (χ2n) is 3.73. The van der Waals surface area contributed by atoms with Crippen molar-refractivity contribution in [2.75, 3.05) is 0 Å². The maximum absolute atomic E-state index is 13.4. The molecule has 0 aliphatic heterocycles. The second-order valence-corrected chi connectivity index (χ2v) is 4.84. The first-order chi connectivity index (χ1) is 7.68. The molecule has 1 nitrogen and oxygen atoms in total. The fourth-order valence-corrected chi connectivity index (χ4v) is 2.47. The Bertz CT molecular complexity index is 478. The van der Waals surface area contributed by atoms with Gasteiger partial charge >= 0.3 is 0 Å². The lowest BCUT2D eigenvalue weighted by Gasteiger charge is -2.09. The Balaban J connectivity index is 2.17. The molecule has 0 amide bonds. The van der Waals surface area contributed by atoms with Crippen LogP contribution in [-0.2, 0) is 6.42 Å². The summed E-state index contributed by atoms with van der Waals surface area (Å²) in [5.41, 5.74) is 1.78. The fourth-order valence-electron chi connectivity index (χ4n) is 1.66. The molecular formula is C13H12BrFO. The van der Waals surface area contributed by atoms with Crippen molar-refractivity contribution in [1.82, 2.24) is 0 Å². The standard InChI is InChI=1S/C13H12BrFO/c1-9-6-7-16-13(9)11(14)8-10-4-2-3-5-12(10)15/h2-7,11H,8H2,1H3. The first-order valence-corrected chi connectivity index (χ1v) is 6.01. The van der Waals surface area contributed by atoms with Gasteiger partial charge in [-0.15, -0.1) is 0 Å². The SMILES string of the molecule is Cc1ccoc1C(Br)Cc1ccccc1F. The van der Waals surface area contributed by atoms with Crippen molar-refractivity contribution in [1.29, 1.82) is 0 Å². The van der Waals surface area contributed by atoms with Gasteiger partial charge in [0.25, 0.3) is 0 Å². The predicted octanol–water partition coefficient (Wildman–Crippen LogP) is 4.41. The van der Waals surface area contributed by atoms with E-state index in [1.54, 1.807) is 18.4 Å². The van der Waals surface area contributed by atoms with Crippen LogP contribution in [0.2, 0.25) is 0 Å². The molecule has 1 aromatic carbocycles. The minimum atomic E-state index is -0.170. The van der Waals surface area contributed by atoms with Gasteiger partial charge in [-0.2, -0.15) is 0 Å². The lowest BCUT2D eigenvalue weighted by Crippen LogP contribution is -1.98. The Hall–Kier alpha value is -1.09. The highest BCUT2D eigenvalue weighted by atomic mass is 79.9. The van der Waals surface area contributed by atoms with E-state index in [0.717, 1.165) is 11.3 Å². The lowest BCUT2D eigenvalue weighted by atomic mass is 10.1. The highest BCUT2D eigenvalue weighted by Gasteiger charge is 2.15. The normalized spacial score (nSPS) is 12.7. The van der Waals surface area contributed by atoms with E-state index in [9.17, 15) is 4.39 Å². The number of halogens is 2. The second kappa shape index (κ2) is 4.83. The molecule has 84 valence electrons. The van der Waals surface area contributed by atoms with Crippen LogP contribution in [0.15, 0.2) is 41.0 Å². The van der Waals surface area contributed by atoms with Crippen molar-refractivity contribution in [3.05, 3.63) is 59.3 Å². The van der Waals surface area contributed by atoms with Gasteiger partial charge in [0.1, 0.15) is 11.6 Å². The molecular weight excluding hydrogens is 271 g/mol. The van der Waals surface area contributed by atoms with Crippen LogP contribution < -0.4 is 0 Å². The molecule has 1 atom stereocenters. The van der Waals surface area contributed by atoms with Crippen LogP contribution in [0.5, 0.6) is 0 Å². The molecule has 1 heterocycles. The maximum atomic E-state index is 13.4. The van der Waals surface area contributed by atoms with Crippen molar-refractivity contribution in [3.63, 3.8) is 0 Å². The van der Waals surface area contributed by atoms with Crippen LogP contribution in [0.3, 0.4) is 0 Å². The molecule has 0 N–H and O–H groups in total. The van der Waals surface area contributed by atoms with Gasteiger partial charge in [-0.3, -0.25) is 0 Å². The molecule has 3 heteroatoms. The zero-order valence-corrected chi connectivity index (χ0v) is 10.5. The van der Waals surface area contributed by atoms with Gasteiger partial charge in [0.05, 0.1) is 11.1 Å². The first-order valence-electron chi connectivity index (χ1n) is 5.10. The third-order valence-corrected chi connectivity index (χ3v) is 3.28. The summed E-state index contributed by atoms with van der Waals surface area (Å²) in [6, 6.07) is 8.71. The summed E-state index contributed by atoms with van der Waals surface area (Å²) in [5.74, 6) is 0.694. The first kappa shape index (κ1) is 11.4. The number of benzene rings is 1. The molecule has 0 aliphatic carbocycles. The highest BCUT2D eigenvalue weighted by molar-refractivity contribution is 9.09. The third-order valence-electron chi connectivity index (χ3n) is 2.54. The number of hydrogen-bond donors (Lipinski definition) is 0. The number of aryl methyl sites for hydroxylation is 1. The molecule has 1 unspecified atom stereocenters. The molecule has 0 bridgehead atoms. The minimum Gasteiger partial charge on any atom is -0.468 e. The Morgan fingerprint density at radius 1 is 1.31 bits per heavy atom. The number of furan rings is 1. The largest absolute Gasteiger partial charge is 0.468 e. The van der Waals surface area contributed by atoms with E-state index in [0.29, 0.717) is 12.0 Å². The Kier molecular flexibility index (Phi) is 3.44. The van der Waals surface area contributed by atoms with E-state index in [1.807, 2.05) is 19.1 Å². The fraction of sp³-hybridized carbons (Fsp3) is 0.231. The molecule has 0 radical (unpaired) electrons. The van der Waals surface area contributed by atoms with Crippen LogP contribution in [0, 0.1) is 12.7 Å². The van der Waals surface area contributed by atoms with Gasteiger partial charge in [-0.1, -0.05) is 34.1 Å². The summed E-state index contributed by atoms with van der Waals surface area (Å²) in [6.07, 6.45) is 2.24. The van der Waals surface area contributed by atoms with E-state index < -0.39 is 0 Å². The van der Waals surface area contributed by atoms with E-state index in [2.05, 4.69) is 15.9 Å². The van der Waals surface area contributed by atoms with Crippen molar-refractivity contribution >= 4 is 15.9 Å². The maximum Gasteiger partial charge on any atom is 0.126 e. The number of rotatable bonds is 3. The zero-order chi connectivity index (χ0) is 11.5. The van der Waals surface area contributed by atoms with Crippen LogP contribution in [0.1, 0.15) is 21.7 Å². The molecule has 16 heavy (non-hydrogen) atoms. The molecule has 0 saturated heterocycles. The molecule has 1 aromatic heterocycles. The summed E-state index contributed by atoms with van der Waals surface area (Å²) in [4.78, 5) is 0.0133. The van der Waals surface area contributed by atoms with Gasteiger partial charge in [-0.25, -0.2) is 4.39 Å². The molecule has 0 spiro atoms. The number of hydrogen-bond acceptors (Lipinski definition) is 1. The van der Waals surface area contributed by atoms with E-state index in [4.69, 9.17) is 4.42 Å². The number of alkyl halides is 1. The van der Waals surface area contributed by atoms with Crippen LogP contribution in [0.4, 0.5) is 4.39 Å². The minimum absolute atomic E-state index is 0.0133. The third kappa shape index (κ3) is 2.35. The smallest absolute Gasteiger partial charge is 0.126 e. The molecule has 0 fully saturated rings. The van der Waals surface area contributed by atoms with Gasteiger partial charge < -0.3 is 4.42 Å². The Morgan fingerprint density at radius 2 is 2.06 bits per heavy atom. The van der Waals surface area contributed by atoms with E-state index >= 15 is 0 Å². The summed E-state index contributed by atoms with van der Waals surface area (Å²) in [6.45, 7) is 1.98. The summed E-state index contributed by atoms with van der Waals surface area (Å²) in [5, 5.41) is 0. The van der Waals surface area contributed by atoms with Crippen molar-refractivity contribution in [2.45, 2.75) is 18.2 Å². The average molecular weight is 283 g/mol. The van der Waals surface area contributed by atoms with E-state index in [-0.39, 0.29) is 10.6 Å². The van der Waals surface area contributed by atoms with E-state index in [1.165, 1.54) is 6.07 Å². The van der Waals surface area contributed by atoms with Crippen LogP contribution in [0.25, 0.3) is 0 Å². The lowest BCUT2D eigenvalue weighted by molar-refractivity contribution is 0.501. The Morgan fingerprint density at radius 3 is 2.69 bits per heavy atom. The molecule has 2 aromatic rings. The van der Waals surface area contributed by atoms with Crippen molar-refractivity contribution in [3.8, 4) is 0 Å². The van der Waals surface area contributed by atoms with Crippen LogP contribution >= 0.6 is 15.9 Å². The van der Waals surface area contributed by atoms with Gasteiger partial charge in [-0.05, 0) is 36.6 Å². The molecule has 0 saturated carbocycles. The summed E-state index contributed by atoms with van der Waals surface area (Å²) < 4.78 is 18.8. The quantitative estimate of drug-likeness (QED) is 0.761. The summed E-state index contributed by atoms with van der Waals surface area (Å²) >= 11 is 3.53. The van der Waals surface area contributed by atoms with Gasteiger partial charge in [0.15, 0.2) is 0 Å². The molecule has 0 aliphatic rings. The van der Waals surface area contributed by atoms with Crippen molar-refractivity contribution in [2.24, 2.45) is 0 Å². The Labute approximate surface area is 102 Å².